The molecule has 0 unspecified atom stereocenters. The summed E-state index contributed by atoms with van der Waals surface area (Å²) in [6.07, 6.45) is 1.25. The molecule has 0 spiro atoms. The molecule has 0 N–H and O–H groups in total. The number of rotatable bonds is 1. The van der Waals surface area contributed by atoms with Crippen LogP contribution in [0.5, 0.6) is 0 Å². The highest BCUT2D eigenvalue weighted by molar-refractivity contribution is 6.56. The predicted octanol–water partition coefficient (Wildman–Crippen LogP) is 6.03. The molecule has 2 nitrogen and oxygen atoms in total. The van der Waals surface area contributed by atoms with Crippen LogP contribution in [0.15, 0.2) is 12.3 Å². The molecule has 0 fully saturated rings. The van der Waals surface area contributed by atoms with Crippen molar-refractivity contribution in [3.05, 3.63) is 48.9 Å². The van der Waals surface area contributed by atoms with Crippen molar-refractivity contribution in [1.82, 2.24) is 4.98 Å². The van der Waals surface area contributed by atoms with Crippen molar-refractivity contribution in [2.75, 3.05) is 0 Å². The molecular weight excluding hydrogens is 368 g/mol. The third-order valence-corrected chi connectivity index (χ3v) is 4.72. The maximum Gasteiger partial charge on any atom is 0.176 e. The number of aromatic nitrogens is 1. The third-order valence-electron chi connectivity index (χ3n) is 2.45. The zero-order valence-corrected chi connectivity index (χ0v) is 13.1. The zero-order chi connectivity index (χ0) is 15.0. The molecule has 1 heterocycles. The molecule has 0 radical (unpaired) electrons. The lowest BCUT2D eigenvalue weighted by Gasteiger charge is -2.12. The molecule has 1 aromatic carbocycles. The van der Waals surface area contributed by atoms with E-state index >= 15 is 0 Å². The molecule has 0 saturated carbocycles. The van der Waals surface area contributed by atoms with E-state index < -0.39 is 5.82 Å². The summed E-state index contributed by atoms with van der Waals surface area (Å²) in [4.78, 5) is 3.66. The molecule has 0 atom stereocenters. The van der Waals surface area contributed by atoms with E-state index in [0.717, 1.165) is 6.07 Å². The molecule has 0 aliphatic rings. The normalized spacial score (nSPS) is 10.4. The van der Waals surface area contributed by atoms with E-state index in [4.69, 9.17) is 63.3 Å². The molecule has 1 aromatic heterocycles. The molecule has 0 bridgehead atoms. The quantitative estimate of drug-likeness (QED) is 0.454. The fourth-order valence-electron chi connectivity index (χ4n) is 1.52. The topological polar surface area (TPSA) is 36.7 Å². The Hall–Kier alpha value is -0.760. The Bertz CT molecular complexity index is 725. The highest BCUT2D eigenvalue weighted by Gasteiger charge is 2.21. The highest BCUT2D eigenvalue weighted by Crippen LogP contribution is 2.48. The fourth-order valence-corrected chi connectivity index (χ4v) is 2.87. The fraction of sp³-hybridized carbons (Fsp3) is 0. The van der Waals surface area contributed by atoms with Gasteiger partial charge in [0.15, 0.2) is 11.5 Å². The summed E-state index contributed by atoms with van der Waals surface area (Å²) in [5.74, 6) is -0.806. The maximum absolute atomic E-state index is 13.6. The van der Waals surface area contributed by atoms with Gasteiger partial charge in [0.25, 0.3) is 0 Å². The van der Waals surface area contributed by atoms with E-state index in [-0.39, 0.29) is 41.9 Å². The second-order valence-corrected chi connectivity index (χ2v) is 5.50. The van der Waals surface area contributed by atoms with Crippen molar-refractivity contribution in [2.24, 2.45) is 0 Å². The lowest BCUT2D eigenvalue weighted by atomic mass is 10.1. The first-order valence-corrected chi connectivity index (χ1v) is 6.85. The average molecular weight is 370 g/mol. The largest absolute Gasteiger partial charge is 0.242 e. The van der Waals surface area contributed by atoms with Crippen molar-refractivity contribution in [3.63, 3.8) is 0 Å². The summed E-state index contributed by atoms with van der Waals surface area (Å²) in [6, 6.07) is 2.68. The standard InChI is InChI=1S/C12H2Cl5FN2/c13-8-7(9(14)11(16)12(17)10(8)15)4-1-5(18)6(2-19)20-3-4/h1,3H. The molecule has 0 aliphatic heterocycles. The van der Waals surface area contributed by atoms with Crippen LogP contribution in [0.4, 0.5) is 4.39 Å². The van der Waals surface area contributed by atoms with E-state index in [1.165, 1.54) is 6.20 Å². The molecule has 102 valence electrons. The van der Waals surface area contributed by atoms with Crippen LogP contribution in [-0.4, -0.2) is 4.98 Å². The molecule has 0 aliphatic carbocycles. The van der Waals surface area contributed by atoms with Gasteiger partial charge in [0.1, 0.15) is 6.07 Å². The summed E-state index contributed by atoms with van der Waals surface area (Å²) in [5.41, 5.74) is 0.0905. The van der Waals surface area contributed by atoms with Crippen LogP contribution >= 0.6 is 58.0 Å². The number of benzene rings is 1. The average Bonchev–Trinajstić information content (AvgIpc) is 2.43. The van der Waals surface area contributed by atoms with Gasteiger partial charge in [-0.2, -0.15) is 5.26 Å². The summed E-state index contributed by atoms with van der Waals surface area (Å²) in [6.45, 7) is 0. The molecule has 2 aromatic rings. The van der Waals surface area contributed by atoms with Crippen LogP contribution in [0.3, 0.4) is 0 Å². The summed E-state index contributed by atoms with van der Waals surface area (Å²) < 4.78 is 13.6. The summed E-state index contributed by atoms with van der Waals surface area (Å²) in [5, 5.41) is 8.71. The van der Waals surface area contributed by atoms with Crippen LogP contribution in [0.1, 0.15) is 5.69 Å². The Kier molecular flexibility index (Phi) is 4.63. The smallest absolute Gasteiger partial charge is 0.176 e. The predicted molar refractivity (Wildman–Crippen MR) is 79.4 cm³/mol. The van der Waals surface area contributed by atoms with Crippen LogP contribution in [0, 0.1) is 17.1 Å². The van der Waals surface area contributed by atoms with Crippen LogP contribution < -0.4 is 0 Å². The molecule has 20 heavy (non-hydrogen) atoms. The van der Waals surface area contributed by atoms with E-state index in [2.05, 4.69) is 4.98 Å². The maximum atomic E-state index is 13.6. The van der Waals surface area contributed by atoms with Crippen molar-refractivity contribution in [1.29, 1.82) is 5.26 Å². The lowest BCUT2D eigenvalue weighted by Crippen LogP contribution is -1.93. The van der Waals surface area contributed by atoms with Gasteiger partial charge in [-0.3, -0.25) is 0 Å². The number of hydrogen-bond donors (Lipinski definition) is 0. The minimum atomic E-state index is -0.806. The van der Waals surface area contributed by atoms with Gasteiger partial charge in [0.2, 0.25) is 0 Å². The first-order chi connectivity index (χ1) is 9.38. The van der Waals surface area contributed by atoms with Gasteiger partial charge >= 0.3 is 0 Å². The lowest BCUT2D eigenvalue weighted by molar-refractivity contribution is 0.617. The number of pyridine rings is 1. The molecule has 0 amide bonds. The van der Waals surface area contributed by atoms with Gasteiger partial charge in [0.05, 0.1) is 25.1 Å². The first kappa shape index (κ1) is 15.6. The Morgan fingerprint density at radius 1 is 0.950 bits per heavy atom. The Morgan fingerprint density at radius 2 is 1.45 bits per heavy atom. The minimum absolute atomic E-state index is 0.00232. The van der Waals surface area contributed by atoms with Gasteiger partial charge in [-0.05, 0) is 6.07 Å². The van der Waals surface area contributed by atoms with Crippen molar-refractivity contribution >= 4 is 58.0 Å². The zero-order valence-electron chi connectivity index (χ0n) is 9.32. The van der Waals surface area contributed by atoms with Crippen LogP contribution in [-0.2, 0) is 0 Å². The van der Waals surface area contributed by atoms with E-state index in [9.17, 15) is 4.39 Å². The highest BCUT2D eigenvalue weighted by atomic mass is 35.5. The van der Waals surface area contributed by atoms with Gasteiger partial charge in [0, 0.05) is 17.3 Å². The first-order valence-electron chi connectivity index (χ1n) is 4.96. The Morgan fingerprint density at radius 3 is 1.90 bits per heavy atom. The summed E-state index contributed by atoms with van der Waals surface area (Å²) in [7, 11) is 0. The van der Waals surface area contributed by atoms with E-state index in [1.54, 1.807) is 6.07 Å². The van der Waals surface area contributed by atoms with Gasteiger partial charge in [-0.1, -0.05) is 58.0 Å². The second-order valence-electron chi connectivity index (χ2n) is 3.61. The van der Waals surface area contributed by atoms with Crippen LogP contribution in [0.25, 0.3) is 11.1 Å². The van der Waals surface area contributed by atoms with Gasteiger partial charge < -0.3 is 0 Å². The molecule has 0 saturated heterocycles. The van der Waals surface area contributed by atoms with Crippen LogP contribution in [0.2, 0.25) is 25.1 Å². The number of nitrogens with zero attached hydrogens (tertiary/aromatic N) is 2. The van der Waals surface area contributed by atoms with E-state index in [0.29, 0.717) is 0 Å². The third kappa shape index (κ3) is 2.55. The Balaban J connectivity index is 2.77. The molecular formula is C12H2Cl5FN2. The second kappa shape index (κ2) is 5.93. The molecule has 2 rings (SSSR count). The number of hydrogen-bond acceptors (Lipinski definition) is 2. The van der Waals surface area contributed by atoms with E-state index in [1.807, 2.05) is 0 Å². The Labute approximate surface area is 138 Å². The monoisotopic (exact) mass is 368 g/mol. The minimum Gasteiger partial charge on any atom is -0.242 e. The van der Waals surface area contributed by atoms with Crippen molar-refractivity contribution < 1.29 is 4.39 Å². The number of nitriles is 1. The van der Waals surface area contributed by atoms with Gasteiger partial charge in [-0.15, -0.1) is 0 Å². The molecule has 8 heteroatoms. The van der Waals surface area contributed by atoms with Gasteiger partial charge in [-0.25, -0.2) is 9.37 Å². The summed E-state index contributed by atoms with van der Waals surface area (Å²) >= 11 is 29.9. The van der Waals surface area contributed by atoms with Crippen molar-refractivity contribution in [3.8, 4) is 17.2 Å². The van der Waals surface area contributed by atoms with Crippen molar-refractivity contribution in [2.45, 2.75) is 0 Å². The SMILES string of the molecule is N#Cc1ncc(-c2c(Cl)c(Cl)c(Cl)c(Cl)c2Cl)cc1F. The number of halogens is 6.